The quantitative estimate of drug-likeness (QED) is 0.669. The Morgan fingerprint density at radius 3 is 2.58 bits per heavy atom. The van der Waals surface area contributed by atoms with Crippen LogP contribution >= 0.6 is 0 Å². The van der Waals surface area contributed by atoms with Crippen molar-refractivity contribution in [3.8, 4) is 0 Å². The van der Waals surface area contributed by atoms with Crippen molar-refractivity contribution in [1.82, 2.24) is 30.1 Å². The fourth-order valence-corrected chi connectivity index (χ4v) is 2.86. The minimum absolute atomic E-state index is 0.0548. The summed E-state index contributed by atoms with van der Waals surface area (Å²) in [6.45, 7) is 3.61. The van der Waals surface area contributed by atoms with Gasteiger partial charge >= 0.3 is 0 Å². The van der Waals surface area contributed by atoms with Crippen LogP contribution in [0, 0.1) is 0 Å². The number of tetrazole rings is 1. The summed E-state index contributed by atoms with van der Waals surface area (Å²) in [6.07, 6.45) is 2.84. The Balaban J connectivity index is 1.89. The highest BCUT2D eigenvalue weighted by Crippen LogP contribution is 2.26. The van der Waals surface area contributed by atoms with Crippen molar-refractivity contribution in [3.05, 3.63) is 71.8 Å². The first kappa shape index (κ1) is 16.3. The highest BCUT2D eigenvalue weighted by molar-refractivity contribution is 5.27. The lowest BCUT2D eigenvalue weighted by Crippen LogP contribution is -2.27. The minimum atomic E-state index is 0.0548. The molecule has 0 bridgehead atoms. The second-order valence-electron chi connectivity index (χ2n) is 5.80. The number of rotatable bonds is 7. The van der Waals surface area contributed by atoms with E-state index in [1.807, 2.05) is 29.1 Å². The summed E-state index contributed by atoms with van der Waals surface area (Å²) < 4.78 is 1.87. The lowest BCUT2D eigenvalue weighted by molar-refractivity contribution is 0.253. The SMILES string of the molecule is CCCn1nnnc1CN(C)[C@@H](c1ccccc1)c1ccccn1. The van der Waals surface area contributed by atoms with Crippen molar-refractivity contribution in [2.24, 2.45) is 0 Å². The van der Waals surface area contributed by atoms with E-state index in [9.17, 15) is 0 Å². The molecule has 0 radical (unpaired) electrons. The minimum Gasteiger partial charge on any atom is -0.287 e. The number of nitrogens with zero attached hydrogens (tertiary/aromatic N) is 6. The topological polar surface area (TPSA) is 59.7 Å². The second-order valence-corrected chi connectivity index (χ2v) is 5.80. The first-order valence-electron chi connectivity index (χ1n) is 8.20. The Kier molecular flexibility index (Phi) is 5.28. The maximum absolute atomic E-state index is 4.56. The van der Waals surface area contributed by atoms with Gasteiger partial charge in [0.25, 0.3) is 0 Å². The molecule has 6 nitrogen and oxygen atoms in total. The normalized spacial score (nSPS) is 12.5. The predicted octanol–water partition coefficient (Wildman–Crippen LogP) is 2.70. The lowest BCUT2D eigenvalue weighted by atomic mass is 10.0. The van der Waals surface area contributed by atoms with Gasteiger partial charge in [-0.15, -0.1) is 5.10 Å². The van der Waals surface area contributed by atoms with Gasteiger partial charge in [0, 0.05) is 12.7 Å². The third-order valence-corrected chi connectivity index (χ3v) is 3.96. The van der Waals surface area contributed by atoms with E-state index in [1.165, 1.54) is 5.56 Å². The zero-order valence-electron chi connectivity index (χ0n) is 14.1. The number of hydrogen-bond acceptors (Lipinski definition) is 5. The summed E-state index contributed by atoms with van der Waals surface area (Å²) in [5.74, 6) is 0.871. The molecule has 1 aromatic carbocycles. The molecular weight excluding hydrogens is 300 g/mol. The van der Waals surface area contributed by atoms with Gasteiger partial charge in [-0.2, -0.15) is 0 Å². The van der Waals surface area contributed by atoms with Gasteiger partial charge in [-0.3, -0.25) is 9.88 Å². The molecule has 0 aliphatic carbocycles. The van der Waals surface area contributed by atoms with Crippen LogP contribution in [0.25, 0.3) is 0 Å². The van der Waals surface area contributed by atoms with E-state index < -0.39 is 0 Å². The number of benzene rings is 1. The van der Waals surface area contributed by atoms with Gasteiger partial charge in [0.1, 0.15) is 0 Å². The Labute approximate surface area is 142 Å². The van der Waals surface area contributed by atoms with Crippen LogP contribution in [0.15, 0.2) is 54.7 Å². The molecule has 0 spiro atoms. The number of aryl methyl sites for hydroxylation is 1. The summed E-state index contributed by atoms with van der Waals surface area (Å²) in [5.41, 5.74) is 2.22. The molecule has 3 aromatic rings. The van der Waals surface area contributed by atoms with Crippen molar-refractivity contribution >= 4 is 0 Å². The van der Waals surface area contributed by atoms with Crippen LogP contribution in [-0.4, -0.2) is 37.1 Å². The highest BCUT2D eigenvalue weighted by atomic mass is 15.5. The monoisotopic (exact) mass is 322 g/mol. The Morgan fingerprint density at radius 2 is 1.88 bits per heavy atom. The molecular formula is C18H22N6. The zero-order chi connectivity index (χ0) is 16.8. The summed E-state index contributed by atoms with van der Waals surface area (Å²) in [4.78, 5) is 6.80. The van der Waals surface area contributed by atoms with E-state index in [4.69, 9.17) is 0 Å². The Hall–Kier alpha value is -2.60. The molecule has 0 unspecified atom stereocenters. The smallest absolute Gasteiger partial charge is 0.165 e. The molecule has 0 fully saturated rings. The van der Waals surface area contributed by atoms with Crippen molar-refractivity contribution in [2.45, 2.75) is 32.5 Å². The molecule has 2 heterocycles. The van der Waals surface area contributed by atoms with Crippen molar-refractivity contribution < 1.29 is 0 Å². The van der Waals surface area contributed by atoms with Gasteiger partial charge < -0.3 is 0 Å². The standard InChI is InChI=1S/C18H22N6/c1-3-13-24-17(20-21-22-24)14-23(2)18(15-9-5-4-6-10-15)16-11-7-8-12-19-16/h4-12,18H,3,13-14H2,1-2H3/t18-/m0/s1. The van der Waals surface area contributed by atoms with Crippen molar-refractivity contribution in [2.75, 3.05) is 7.05 Å². The largest absolute Gasteiger partial charge is 0.287 e. The lowest BCUT2D eigenvalue weighted by Gasteiger charge is -2.27. The molecule has 1 atom stereocenters. The van der Waals surface area contributed by atoms with E-state index in [0.717, 1.165) is 24.5 Å². The molecule has 124 valence electrons. The average molecular weight is 322 g/mol. The first-order chi connectivity index (χ1) is 11.8. The molecule has 24 heavy (non-hydrogen) atoms. The molecule has 0 saturated carbocycles. The average Bonchev–Trinajstić information content (AvgIpc) is 3.04. The van der Waals surface area contributed by atoms with Crippen LogP contribution in [0.5, 0.6) is 0 Å². The summed E-state index contributed by atoms with van der Waals surface area (Å²) in [7, 11) is 2.08. The van der Waals surface area contributed by atoms with Crippen molar-refractivity contribution in [3.63, 3.8) is 0 Å². The number of aromatic nitrogens is 5. The van der Waals surface area contributed by atoms with E-state index in [0.29, 0.717) is 6.54 Å². The number of hydrogen-bond donors (Lipinski definition) is 0. The maximum Gasteiger partial charge on any atom is 0.165 e. The van der Waals surface area contributed by atoms with Gasteiger partial charge in [0.2, 0.25) is 0 Å². The predicted molar refractivity (Wildman–Crippen MR) is 92.1 cm³/mol. The molecule has 0 aliphatic rings. The van der Waals surface area contributed by atoms with Crippen LogP contribution in [-0.2, 0) is 13.1 Å². The summed E-state index contributed by atoms with van der Waals surface area (Å²) >= 11 is 0. The molecule has 2 aromatic heterocycles. The third kappa shape index (κ3) is 3.65. The van der Waals surface area contributed by atoms with E-state index >= 15 is 0 Å². The molecule has 0 saturated heterocycles. The maximum atomic E-state index is 4.56. The Bertz CT molecular complexity index is 701. The van der Waals surface area contributed by atoms with Gasteiger partial charge in [0.05, 0.1) is 18.3 Å². The van der Waals surface area contributed by atoms with Gasteiger partial charge in [-0.05, 0) is 41.6 Å². The van der Waals surface area contributed by atoms with Crippen LogP contribution in [0.1, 0.15) is 36.5 Å². The molecule has 0 amide bonds. The van der Waals surface area contributed by atoms with Crippen LogP contribution in [0.2, 0.25) is 0 Å². The van der Waals surface area contributed by atoms with Gasteiger partial charge in [0.15, 0.2) is 5.82 Å². The summed E-state index contributed by atoms with van der Waals surface area (Å²) in [5, 5.41) is 12.1. The zero-order valence-corrected chi connectivity index (χ0v) is 14.1. The van der Waals surface area contributed by atoms with Crippen LogP contribution in [0.4, 0.5) is 0 Å². The molecule has 6 heteroatoms. The van der Waals surface area contributed by atoms with Crippen LogP contribution in [0.3, 0.4) is 0 Å². The fraction of sp³-hybridized carbons (Fsp3) is 0.333. The van der Waals surface area contributed by atoms with Crippen molar-refractivity contribution in [1.29, 1.82) is 0 Å². The van der Waals surface area contributed by atoms with E-state index in [1.54, 1.807) is 0 Å². The van der Waals surface area contributed by atoms with Crippen LogP contribution < -0.4 is 0 Å². The van der Waals surface area contributed by atoms with Gasteiger partial charge in [-0.25, -0.2) is 4.68 Å². The summed E-state index contributed by atoms with van der Waals surface area (Å²) in [6, 6.07) is 16.5. The third-order valence-electron chi connectivity index (χ3n) is 3.96. The Morgan fingerprint density at radius 1 is 1.08 bits per heavy atom. The first-order valence-corrected chi connectivity index (χ1v) is 8.20. The van der Waals surface area contributed by atoms with E-state index in [-0.39, 0.29) is 6.04 Å². The van der Waals surface area contributed by atoms with Gasteiger partial charge in [-0.1, -0.05) is 43.3 Å². The fourth-order valence-electron chi connectivity index (χ4n) is 2.86. The number of pyridine rings is 1. The molecule has 3 rings (SSSR count). The highest BCUT2D eigenvalue weighted by Gasteiger charge is 2.22. The molecule has 0 N–H and O–H groups in total. The second kappa shape index (κ2) is 7.79. The molecule has 0 aliphatic heterocycles. The van der Waals surface area contributed by atoms with E-state index in [2.05, 4.69) is 69.7 Å².